The summed E-state index contributed by atoms with van der Waals surface area (Å²) < 4.78 is 27.9. The minimum atomic E-state index is -4.30. The van der Waals surface area contributed by atoms with Crippen molar-refractivity contribution in [3.63, 3.8) is 0 Å². The molecule has 0 amide bonds. The number of sulfonamides is 1. The van der Waals surface area contributed by atoms with Gasteiger partial charge in [0.15, 0.2) is 0 Å². The van der Waals surface area contributed by atoms with Crippen molar-refractivity contribution in [3.8, 4) is 11.1 Å². The van der Waals surface area contributed by atoms with Gasteiger partial charge in [0.2, 0.25) is 0 Å². The molecule has 2 N–H and O–H groups in total. The maximum atomic E-state index is 12.8. The van der Waals surface area contributed by atoms with Crippen LogP contribution in [0.1, 0.15) is 10.4 Å². The molecule has 0 saturated carbocycles. The van der Waals surface area contributed by atoms with Crippen molar-refractivity contribution in [2.24, 2.45) is 0 Å². The molecular weight excluding hydrogens is 466 g/mol. The fourth-order valence-electron chi connectivity index (χ4n) is 2.53. The zero-order chi connectivity index (χ0) is 21.2. The number of benzene rings is 2. The van der Waals surface area contributed by atoms with Crippen molar-refractivity contribution in [1.82, 2.24) is 4.98 Å². The molecule has 0 aliphatic heterocycles. The molecule has 3 aromatic rings. The van der Waals surface area contributed by atoms with Gasteiger partial charge in [-0.3, -0.25) is 19.8 Å². The molecule has 0 aliphatic carbocycles. The van der Waals surface area contributed by atoms with E-state index in [2.05, 4.69) is 25.6 Å². The van der Waals surface area contributed by atoms with Crippen LogP contribution >= 0.6 is 15.9 Å². The molecule has 0 spiro atoms. The summed E-state index contributed by atoms with van der Waals surface area (Å²) in [4.78, 5) is 25.5. The first-order chi connectivity index (χ1) is 13.7. The number of hydrogen-bond acceptors (Lipinski definition) is 6. The highest BCUT2D eigenvalue weighted by atomic mass is 79.9. The second-order valence-corrected chi connectivity index (χ2v) is 8.32. The average molecular weight is 478 g/mol. The number of nitro benzene ring substituents is 1. The summed E-state index contributed by atoms with van der Waals surface area (Å²) in [5, 5.41) is 20.5. The molecule has 0 atom stereocenters. The van der Waals surface area contributed by atoms with Gasteiger partial charge in [0.1, 0.15) is 5.69 Å². The van der Waals surface area contributed by atoms with E-state index in [9.17, 15) is 28.4 Å². The van der Waals surface area contributed by atoms with Gasteiger partial charge in [-0.2, -0.15) is 0 Å². The Bertz CT molecular complexity index is 1220. The predicted octanol–water partition coefficient (Wildman–Crippen LogP) is 3.92. The van der Waals surface area contributed by atoms with E-state index in [1.807, 2.05) is 0 Å². The summed E-state index contributed by atoms with van der Waals surface area (Å²) in [6, 6.07) is 10.8. The first-order valence-electron chi connectivity index (χ1n) is 7.93. The quantitative estimate of drug-likeness (QED) is 0.404. The number of nitro groups is 1. The van der Waals surface area contributed by atoms with Crippen molar-refractivity contribution in [2.75, 3.05) is 4.72 Å². The lowest BCUT2D eigenvalue weighted by atomic mass is 10.1. The van der Waals surface area contributed by atoms with Crippen LogP contribution in [-0.2, 0) is 10.0 Å². The smallest absolute Gasteiger partial charge is 0.336 e. The molecule has 1 aromatic heterocycles. The maximum absolute atomic E-state index is 12.8. The highest BCUT2D eigenvalue weighted by Crippen LogP contribution is 2.32. The average Bonchev–Trinajstić information content (AvgIpc) is 2.68. The SMILES string of the molecule is O=C(O)c1cc(S(=O)(=O)Nc2cc(-c3cccnc3)ccc2[N+](=O)[O-])ccc1Br. The second-order valence-electron chi connectivity index (χ2n) is 5.78. The summed E-state index contributed by atoms with van der Waals surface area (Å²) in [7, 11) is -4.30. The topological polar surface area (TPSA) is 140 Å². The monoisotopic (exact) mass is 477 g/mol. The van der Waals surface area contributed by atoms with Crippen LogP contribution in [0.15, 0.2) is 70.3 Å². The molecular formula is C18H12BrN3O6S. The van der Waals surface area contributed by atoms with Crippen molar-refractivity contribution in [1.29, 1.82) is 0 Å². The van der Waals surface area contributed by atoms with Crippen LogP contribution in [0.25, 0.3) is 11.1 Å². The lowest BCUT2D eigenvalue weighted by molar-refractivity contribution is -0.383. The fraction of sp³-hybridized carbons (Fsp3) is 0. The van der Waals surface area contributed by atoms with E-state index in [0.717, 1.165) is 6.07 Å². The minimum absolute atomic E-state index is 0.202. The number of carboxylic acids is 1. The third kappa shape index (κ3) is 4.41. The summed E-state index contributed by atoms with van der Waals surface area (Å²) in [5.74, 6) is -1.32. The number of aromatic carboxylic acids is 1. The Hall–Kier alpha value is -3.31. The third-order valence-electron chi connectivity index (χ3n) is 3.91. The molecule has 0 aliphatic rings. The van der Waals surface area contributed by atoms with Crippen LogP contribution in [0.3, 0.4) is 0 Å². The van der Waals surface area contributed by atoms with Gasteiger partial charge >= 0.3 is 5.97 Å². The Kier molecular flexibility index (Phi) is 5.62. The number of halogens is 1. The van der Waals surface area contributed by atoms with E-state index >= 15 is 0 Å². The lowest BCUT2D eigenvalue weighted by Gasteiger charge is -2.11. The molecule has 0 bridgehead atoms. The number of carboxylic acid groups (broad SMARTS) is 1. The van der Waals surface area contributed by atoms with E-state index in [1.165, 1.54) is 36.5 Å². The lowest BCUT2D eigenvalue weighted by Crippen LogP contribution is -2.15. The van der Waals surface area contributed by atoms with Crippen LogP contribution in [0.2, 0.25) is 0 Å². The van der Waals surface area contributed by atoms with Gasteiger partial charge in [0, 0.05) is 28.5 Å². The number of rotatable bonds is 6. The summed E-state index contributed by atoms with van der Waals surface area (Å²) in [5.41, 5.74) is 0.197. The molecule has 11 heteroatoms. The molecule has 0 radical (unpaired) electrons. The summed E-state index contributed by atoms with van der Waals surface area (Å²) in [6.45, 7) is 0. The van der Waals surface area contributed by atoms with Gasteiger partial charge in [-0.25, -0.2) is 13.2 Å². The van der Waals surface area contributed by atoms with Gasteiger partial charge in [0.25, 0.3) is 15.7 Å². The molecule has 2 aromatic carbocycles. The van der Waals surface area contributed by atoms with E-state index < -0.39 is 26.6 Å². The minimum Gasteiger partial charge on any atom is -0.478 e. The molecule has 3 rings (SSSR count). The molecule has 148 valence electrons. The number of anilines is 1. The maximum Gasteiger partial charge on any atom is 0.336 e. The Labute approximate surface area is 173 Å². The Morgan fingerprint density at radius 2 is 1.90 bits per heavy atom. The van der Waals surface area contributed by atoms with Gasteiger partial charge < -0.3 is 5.11 Å². The molecule has 0 fully saturated rings. The van der Waals surface area contributed by atoms with Crippen molar-refractivity contribution in [3.05, 3.63) is 81.1 Å². The van der Waals surface area contributed by atoms with Crippen LogP contribution in [0, 0.1) is 10.1 Å². The predicted molar refractivity (Wildman–Crippen MR) is 108 cm³/mol. The van der Waals surface area contributed by atoms with E-state index in [1.54, 1.807) is 18.3 Å². The number of aromatic nitrogens is 1. The fourth-order valence-corrected chi connectivity index (χ4v) is 4.04. The van der Waals surface area contributed by atoms with Crippen molar-refractivity contribution in [2.45, 2.75) is 4.90 Å². The molecule has 0 unspecified atom stereocenters. The normalized spacial score (nSPS) is 11.1. The molecule has 1 heterocycles. The summed E-state index contributed by atoms with van der Waals surface area (Å²) >= 11 is 3.04. The van der Waals surface area contributed by atoms with Gasteiger partial charge in [0.05, 0.1) is 15.4 Å². The van der Waals surface area contributed by atoms with Crippen LogP contribution in [-0.4, -0.2) is 29.4 Å². The van der Waals surface area contributed by atoms with Crippen LogP contribution in [0.4, 0.5) is 11.4 Å². The Balaban J connectivity index is 2.07. The highest BCUT2D eigenvalue weighted by Gasteiger charge is 2.23. The molecule has 9 nitrogen and oxygen atoms in total. The molecule has 29 heavy (non-hydrogen) atoms. The van der Waals surface area contributed by atoms with Crippen LogP contribution in [0.5, 0.6) is 0 Å². The highest BCUT2D eigenvalue weighted by molar-refractivity contribution is 9.10. The van der Waals surface area contributed by atoms with Crippen molar-refractivity contribution >= 4 is 43.3 Å². The Morgan fingerprint density at radius 3 is 2.52 bits per heavy atom. The summed E-state index contributed by atoms with van der Waals surface area (Å²) in [6.07, 6.45) is 3.10. The zero-order valence-corrected chi connectivity index (χ0v) is 16.8. The number of hydrogen-bond donors (Lipinski definition) is 2. The first-order valence-corrected chi connectivity index (χ1v) is 10.2. The number of pyridine rings is 1. The number of nitrogens with zero attached hydrogens (tertiary/aromatic N) is 2. The first kappa shape index (κ1) is 20.4. The number of nitrogens with one attached hydrogen (secondary N) is 1. The zero-order valence-electron chi connectivity index (χ0n) is 14.4. The van der Waals surface area contributed by atoms with E-state index in [-0.39, 0.29) is 20.6 Å². The van der Waals surface area contributed by atoms with Gasteiger partial charge in [-0.05, 0) is 57.9 Å². The van der Waals surface area contributed by atoms with E-state index in [4.69, 9.17) is 0 Å². The standard InChI is InChI=1S/C18H12BrN3O6S/c19-15-5-4-13(9-14(15)18(23)24)29(27,28)21-16-8-11(3-6-17(16)22(25)26)12-2-1-7-20-10-12/h1-10,21H,(H,23,24). The van der Waals surface area contributed by atoms with Crippen LogP contribution < -0.4 is 4.72 Å². The number of carbonyl (C=O) groups is 1. The Morgan fingerprint density at radius 1 is 1.14 bits per heavy atom. The van der Waals surface area contributed by atoms with Crippen molar-refractivity contribution < 1.29 is 23.2 Å². The van der Waals surface area contributed by atoms with E-state index in [0.29, 0.717) is 11.1 Å². The largest absolute Gasteiger partial charge is 0.478 e. The van der Waals surface area contributed by atoms with Gasteiger partial charge in [-0.1, -0.05) is 6.07 Å². The second kappa shape index (κ2) is 7.97. The van der Waals surface area contributed by atoms with Gasteiger partial charge in [-0.15, -0.1) is 0 Å². The molecule has 0 saturated heterocycles. The third-order valence-corrected chi connectivity index (χ3v) is 5.97.